The van der Waals surface area contributed by atoms with Gasteiger partial charge in [0.25, 0.3) is 33.7 Å². The lowest BCUT2D eigenvalue weighted by Crippen LogP contribution is -2.42. The zero-order chi connectivity index (χ0) is 30.7. The lowest BCUT2D eigenvalue weighted by atomic mass is 9.86. The van der Waals surface area contributed by atoms with Gasteiger partial charge in [-0.05, 0) is 48.9 Å². The molecule has 4 amide bonds. The average Bonchev–Trinajstić information content (AvgIpc) is 2.93. The van der Waals surface area contributed by atoms with E-state index < -0.39 is 49.3 Å². The number of anilines is 1. The molecule has 212 valence electrons. The van der Waals surface area contributed by atoms with Crippen molar-refractivity contribution in [3.63, 3.8) is 0 Å². The molecule has 42 heavy (non-hydrogen) atoms. The molecule has 12 nitrogen and oxygen atoms in total. The summed E-state index contributed by atoms with van der Waals surface area (Å²) in [6.07, 6.45) is 0. The van der Waals surface area contributed by atoms with E-state index in [0.717, 1.165) is 21.4 Å². The van der Waals surface area contributed by atoms with E-state index in [9.17, 15) is 32.1 Å². The molecule has 0 unspecified atom stereocenters. The second kappa shape index (κ2) is 10.1. The smallest absolute Gasteiger partial charge is 0.282 e. The molecule has 0 saturated heterocycles. The van der Waals surface area contributed by atoms with E-state index in [2.05, 4.69) is 0 Å². The highest BCUT2D eigenvalue weighted by atomic mass is 32.2. The van der Waals surface area contributed by atoms with E-state index in [4.69, 9.17) is 12.6 Å². The Hall–Kier alpha value is -5.05. The van der Waals surface area contributed by atoms with Gasteiger partial charge in [-0.2, -0.15) is 8.42 Å². The molecular weight excluding hydrogens is 588 g/mol. The van der Waals surface area contributed by atoms with Gasteiger partial charge in [0.2, 0.25) is 0 Å². The third-order valence-electron chi connectivity index (χ3n) is 6.96. The highest BCUT2D eigenvalue weighted by Crippen LogP contribution is 2.40. The monoisotopic (exact) mass is 606 g/mol. The second-order valence-electron chi connectivity index (χ2n) is 9.41. The standard InChI is InChI=1S/C28H18N2O7S.O3S/c1-14-3-5-15(6-4-14)17-8-7-16(13-22(17)38(35,36)37)30-27(33)20-11-9-18-23-19(26(32)29(2)25(18)31)10-12-21(24(20)23)28(30)34;1-4(2)3/h3-13H,1-2H3,(H,35,36,37);. The highest BCUT2D eigenvalue weighted by Gasteiger charge is 2.39. The third kappa shape index (κ3) is 4.56. The van der Waals surface area contributed by atoms with Gasteiger partial charge < -0.3 is 0 Å². The zero-order valence-corrected chi connectivity index (χ0v) is 23.3. The molecular formula is C28H18N2O10S2. The van der Waals surface area contributed by atoms with Gasteiger partial charge in [0.1, 0.15) is 4.90 Å². The molecule has 2 aliphatic heterocycles. The Kier molecular flexibility index (Phi) is 6.85. The summed E-state index contributed by atoms with van der Waals surface area (Å²) in [7, 11) is -6.49. The SMILES string of the molecule is Cc1ccc(-c2ccc(N3C(=O)c4ccc5c6c(ccc(c46)C3=O)C(=O)N(C)C5=O)cc2S(=O)(=O)O)cc1.O=S(=O)=O. The first-order valence-corrected chi connectivity index (χ1v) is 14.4. The van der Waals surface area contributed by atoms with Crippen LogP contribution < -0.4 is 4.90 Å². The number of rotatable bonds is 3. The van der Waals surface area contributed by atoms with Gasteiger partial charge in [0.15, 0.2) is 0 Å². The average molecular weight is 607 g/mol. The fraction of sp³-hybridized carbons (Fsp3) is 0.0714. The molecule has 2 heterocycles. The minimum absolute atomic E-state index is 0.0607. The summed E-state index contributed by atoms with van der Waals surface area (Å²) < 4.78 is 60.0. The Morgan fingerprint density at radius 1 is 0.643 bits per heavy atom. The number of hydrogen-bond acceptors (Lipinski definition) is 9. The summed E-state index contributed by atoms with van der Waals surface area (Å²) in [5, 5.41) is 0.440. The van der Waals surface area contributed by atoms with Gasteiger partial charge in [0, 0.05) is 45.6 Å². The van der Waals surface area contributed by atoms with Crippen LogP contribution in [-0.4, -0.2) is 61.2 Å². The Balaban J connectivity index is 0.000000830. The van der Waals surface area contributed by atoms with Crippen molar-refractivity contribution in [2.45, 2.75) is 11.8 Å². The Bertz CT molecular complexity index is 2050. The molecule has 0 fully saturated rings. The fourth-order valence-electron chi connectivity index (χ4n) is 5.06. The van der Waals surface area contributed by atoms with Crippen LogP contribution in [0.1, 0.15) is 47.0 Å². The summed E-state index contributed by atoms with van der Waals surface area (Å²) in [6, 6.07) is 16.6. The number of benzene rings is 4. The summed E-state index contributed by atoms with van der Waals surface area (Å²) in [6.45, 7) is 1.88. The minimum Gasteiger partial charge on any atom is -0.282 e. The molecule has 0 bridgehead atoms. The lowest BCUT2D eigenvalue weighted by Gasteiger charge is -2.31. The van der Waals surface area contributed by atoms with Gasteiger partial charge in [-0.15, -0.1) is 12.6 Å². The fourth-order valence-corrected chi connectivity index (χ4v) is 5.80. The van der Waals surface area contributed by atoms with Crippen LogP contribution in [0.2, 0.25) is 0 Å². The van der Waals surface area contributed by atoms with Crippen molar-refractivity contribution < 1.29 is 44.8 Å². The van der Waals surface area contributed by atoms with Gasteiger partial charge in [-0.25, -0.2) is 4.90 Å². The van der Waals surface area contributed by atoms with Crippen LogP contribution >= 0.6 is 0 Å². The van der Waals surface area contributed by atoms with Crippen molar-refractivity contribution in [3.05, 3.63) is 94.5 Å². The number of carbonyl (C=O) groups excluding carboxylic acids is 4. The van der Waals surface area contributed by atoms with E-state index in [1.165, 1.54) is 43.4 Å². The number of carbonyl (C=O) groups is 4. The predicted octanol–water partition coefficient (Wildman–Crippen LogP) is 3.08. The van der Waals surface area contributed by atoms with Crippen LogP contribution in [0, 0.1) is 6.92 Å². The molecule has 2 aliphatic rings. The van der Waals surface area contributed by atoms with Crippen LogP contribution in [0.5, 0.6) is 0 Å². The maximum absolute atomic E-state index is 13.6. The maximum atomic E-state index is 13.6. The third-order valence-corrected chi connectivity index (χ3v) is 7.86. The Labute approximate surface area is 239 Å². The van der Waals surface area contributed by atoms with Crippen molar-refractivity contribution in [1.29, 1.82) is 0 Å². The molecule has 0 aromatic heterocycles. The Morgan fingerprint density at radius 3 is 1.48 bits per heavy atom. The quantitative estimate of drug-likeness (QED) is 0.269. The van der Waals surface area contributed by atoms with E-state index >= 15 is 0 Å². The van der Waals surface area contributed by atoms with E-state index in [-0.39, 0.29) is 44.3 Å². The molecule has 1 N–H and O–H groups in total. The first-order chi connectivity index (χ1) is 19.7. The van der Waals surface area contributed by atoms with Crippen molar-refractivity contribution >= 4 is 60.8 Å². The molecule has 0 radical (unpaired) electrons. The Morgan fingerprint density at radius 2 is 1.05 bits per heavy atom. The maximum Gasteiger partial charge on any atom is 0.425 e. The van der Waals surface area contributed by atoms with Crippen molar-refractivity contribution in [2.75, 3.05) is 11.9 Å². The van der Waals surface area contributed by atoms with Crippen molar-refractivity contribution in [1.82, 2.24) is 4.90 Å². The van der Waals surface area contributed by atoms with Gasteiger partial charge in [-0.1, -0.05) is 35.9 Å². The molecule has 4 aromatic carbocycles. The van der Waals surface area contributed by atoms with E-state index in [1.54, 1.807) is 24.3 Å². The number of imide groups is 2. The van der Waals surface area contributed by atoms with Crippen LogP contribution in [-0.2, 0) is 20.7 Å². The number of amides is 4. The minimum atomic E-state index is -4.74. The van der Waals surface area contributed by atoms with Crippen molar-refractivity contribution in [3.8, 4) is 11.1 Å². The molecule has 4 aromatic rings. The van der Waals surface area contributed by atoms with Gasteiger partial charge in [0.05, 0.1) is 5.69 Å². The van der Waals surface area contributed by atoms with Crippen LogP contribution in [0.15, 0.2) is 71.6 Å². The topological polar surface area (TPSA) is 180 Å². The van der Waals surface area contributed by atoms with Crippen LogP contribution in [0.25, 0.3) is 21.9 Å². The predicted molar refractivity (Wildman–Crippen MR) is 148 cm³/mol. The summed E-state index contributed by atoms with van der Waals surface area (Å²) in [5.41, 5.74) is 2.19. The van der Waals surface area contributed by atoms with Crippen molar-refractivity contribution in [2.24, 2.45) is 0 Å². The normalized spacial score (nSPS) is 14.2. The van der Waals surface area contributed by atoms with Crippen LogP contribution in [0.3, 0.4) is 0 Å². The molecule has 0 spiro atoms. The van der Waals surface area contributed by atoms with E-state index in [0.29, 0.717) is 5.56 Å². The molecule has 6 rings (SSSR count). The van der Waals surface area contributed by atoms with Gasteiger partial charge in [-0.3, -0.25) is 28.6 Å². The summed E-state index contributed by atoms with van der Waals surface area (Å²) in [5.74, 6) is -2.60. The first-order valence-electron chi connectivity index (χ1n) is 12.0. The first kappa shape index (κ1) is 28.5. The van der Waals surface area contributed by atoms with E-state index in [1.807, 2.05) is 6.92 Å². The number of aryl methyl sites for hydroxylation is 1. The van der Waals surface area contributed by atoms with Crippen LogP contribution in [0.4, 0.5) is 5.69 Å². The molecule has 14 heteroatoms. The lowest BCUT2D eigenvalue weighted by molar-refractivity contribution is 0.0649. The second-order valence-corrected chi connectivity index (χ2v) is 11.2. The largest absolute Gasteiger partial charge is 0.425 e. The molecule has 0 aliphatic carbocycles. The highest BCUT2D eigenvalue weighted by molar-refractivity contribution is 7.86. The molecule has 0 saturated carbocycles. The number of nitrogens with zero attached hydrogens (tertiary/aromatic N) is 2. The van der Waals surface area contributed by atoms with Gasteiger partial charge >= 0.3 is 10.6 Å². The molecule has 0 atom stereocenters. The summed E-state index contributed by atoms with van der Waals surface area (Å²) >= 11 is 0. The zero-order valence-electron chi connectivity index (χ0n) is 21.7. The number of hydrogen-bond donors (Lipinski definition) is 1. The summed E-state index contributed by atoms with van der Waals surface area (Å²) in [4.78, 5) is 54.1.